The molecule has 8 heteroatoms. The predicted molar refractivity (Wildman–Crippen MR) is 63.7 cm³/mol. The van der Waals surface area contributed by atoms with Crippen molar-refractivity contribution in [2.75, 3.05) is 6.26 Å². The van der Waals surface area contributed by atoms with Crippen molar-refractivity contribution in [1.29, 1.82) is 0 Å². The van der Waals surface area contributed by atoms with Crippen molar-refractivity contribution in [3.8, 4) is 0 Å². The fourth-order valence-corrected chi connectivity index (χ4v) is 4.81. The molecule has 15 heavy (non-hydrogen) atoms. The molecule has 1 aromatic rings. The molecule has 0 saturated carbocycles. The molecule has 0 unspecified atom stereocenters. The Morgan fingerprint density at radius 2 is 1.93 bits per heavy atom. The van der Waals surface area contributed by atoms with E-state index in [1.807, 2.05) is 0 Å². The summed E-state index contributed by atoms with van der Waals surface area (Å²) in [6.07, 6.45) is 1.22. The van der Waals surface area contributed by atoms with E-state index in [9.17, 15) is 12.6 Å². The van der Waals surface area contributed by atoms with Crippen LogP contribution in [0.4, 0.5) is 0 Å². The second-order valence-corrected chi connectivity index (χ2v) is 8.33. The van der Waals surface area contributed by atoms with E-state index in [4.69, 9.17) is 10.7 Å². The van der Waals surface area contributed by atoms with Gasteiger partial charge in [0.1, 0.15) is 0 Å². The van der Waals surface area contributed by atoms with Crippen LogP contribution in [0.3, 0.4) is 0 Å². The van der Waals surface area contributed by atoms with E-state index >= 15 is 0 Å². The number of rotatable bonds is 2. The lowest BCUT2D eigenvalue weighted by Gasteiger charge is -2.02. The van der Waals surface area contributed by atoms with E-state index in [1.54, 1.807) is 12.1 Å². The van der Waals surface area contributed by atoms with Gasteiger partial charge in [0, 0.05) is 26.3 Å². The van der Waals surface area contributed by atoms with Gasteiger partial charge in [0.25, 0.3) is 0 Å². The van der Waals surface area contributed by atoms with Crippen LogP contribution in [-0.4, -0.2) is 18.9 Å². The van der Waals surface area contributed by atoms with Crippen molar-refractivity contribution in [3.63, 3.8) is 0 Å². The van der Waals surface area contributed by atoms with Crippen molar-refractivity contribution >= 4 is 45.6 Å². The van der Waals surface area contributed by atoms with Crippen LogP contribution in [0.15, 0.2) is 37.4 Å². The summed E-state index contributed by atoms with van der Waals surface area (Å²) in [4.78, 5) is 0.307. The Kier molecular flexibility index (Phi) is 3.80. The minimum absolute atomic E-state index is 0.307. The normalized spacial score (nSPS) is 15.7. The summed E-state index contributed by atoms with van der Waals surface area (Å²) in [5, 5.41) is 0. The van der Waals surface area contributed by atoms with Crippen LogP contribution in [0.5, 0.6) is 0 Å². The minimum Gasteiger partial charge on any atom is -0.244 e. The molecule has 0 aliphatic rings. The third kappa shape index (κ3) is 4.10. The Hall–Kier alpha value is -0.110. The Morgan fingerprint density at radius 3 is 2.40 bits per heavy atom. The lowest BCUT2D eigenvalue weighted by molar-refractivity contribution is 0.611. The average Bonchev–Trinajstić information content (AvgIpc) is 1.99. The lowest BCUT2D eigenvalue weighted by atomic mass is 10.4. The summed E-state index contributed by atoms with van der Waals surface area (Å²) in [7, 11) is -2.23. The van der Waals surface area contributed by atoms with Gasteiger partial charge in [0.05, 0.1) is 9.73 Å². The molecule has 0 amide bonds. The van der Waals surface area contributed by atoms with E-state index in [1.165, 1.54) is 18.4 Å². The van der Waals surface area contributed by atoms with Crippen molar-refractivity contribution < 1.29 is 12.6 Å². The standard InChI is InChI=1S/C7H7BrClNO3S2/c1-14(11,10-15(9,12)13)7-4-2-3-6(8)5-7/h2-5H,1H3/t14-/m1/s1. The SMILES string of the molecule is C[S@](=O)(=NS(=O)(=O)Cl)c1cccc(Br)c1. The molecular formula is C7H7BrClNO3S2. The van der Waals surface area contributed by atoms with Gasteiger partial charge in [-0.15, -0.1) is 0 Å². The summed E-state index contributed by atoms with van der Waals surface area (Å²) in [6, 6.07) is 6.43. The topological polar surface area (TPSA) is 63.6 Å². The number of hydrogen-bond acceptors (Lipinski definition) is 3. The molecule has 0 aliphatic carbocycles. The van der Waals surface area contributed by atoms with E-state index < -0.39 is 19.0 Å². The summed E-state index contributed by atoms with van der Waals surface area (Å²) in [5.41, 5.74) is 0. The van der Waals surface area contributed by atoms with Crippen molar-refractivity contribution in [2.45, 2.75) is 4.90 Å². The number of nitrogens with zero attached hydrogens (tertiary/aromatic N) is 1. The first kappa shape index (κ1) is 13.0. The zero-order valence-corrected chi connectivity index (χ0v) is 11.5. The third-order valence-electron chi connectivity index (χ3n) is 1.46. The third-order valence-corrected chi connectivity index (χ3v) is 5.44. The highest BCUT2D eigenvalue weighted by Crippen LogP contribution is 2.19. The molecule has 84 valence electrons. The van der Waals surface area contributed by atoms with Crippen LogP contribution in [-0.2, 0) is 19.0 Å². The molecule has 0 spiro atoms. The molecule has 1 rings (SSSR count). The first-order chi connectivity index (χ1) is 6.71. The maximum Gasteiger partial charge on any atom is 0.347 e. The largest absolute Gasteiger partial charge is 0.347 e. The molecule has 1 atom stereocenters. The van der Waals surface area contributed by atoms with Gasteiger partial charge in [-0.05, 0) is 18.2 Å². The van der Waals surface area contributed by atoms with E-state index in [0.717, 1.165) is 0 Å². The summed E-state index contributed by atoms with van der Waals surface area (Å²) in [5.74, 6) is 0. The maximum absolute atomic E-state index is 11.9. The molecule has 0 bridgehead atoms. The number of hydrogen-bond donors (Lipinski definition) is 0. The van der Waals surface area contributed by atoms with Gasteiger partial charge in [-0.3, -0.25) is 0 Å². The number of halogens is 2. The van der Waals surface area contributed by atoms with Gasteiger partial charge in [-0.1, -0.05) is 25.8 Å². The van der Waals surface area contributed by atoms with Crippen LogP contribution in [0.1, 0.15) is 0 Å². The first-order valence-corrected chi connectivity index (χ1v) is 8.62. The lowest BCUT2D eigenvalue weighted by Crippen LogP contribution is -2.00. The summed E-state index contributed by atoms with van der Waals surface area (Å²) >= 11 is 3.18. The fourth-order valence-electron chi connectivity index (χ4n) is 0.916. The smallest absolute Gasteiger partial charge is 0.244 e. The molecule has 4 nitrogen and oxygen atoms in total. The van der Waals surface area contributed by atoms with Crippen molar-refractivity contribution in [3.05, 3.63) is 28.7 Å². The second-order valence-electron chi connectivity index (χ2n) is 2.75. The van der Waals surface area contributed by atoms with Crippen LogP contribution >= 0.6 is 26.6 Å². The molecule has 0 N–H and O–H groups in total. The molecular weight excluding hydrogens is 326 g/mol. The highest BCUT2D eigenvalue weighted by Gasteiger charge is 2.11. The molecule has 0 saturated heterocycles. The Morgan fingerprint density at radius 1 is 1.33 bits per heavy atom. The first-order valence-electron chi connectivity index (χ1n) is 3.64. The second kappa shape index (κ2) is 4.40. The minimum atomic E-state index is -4.14. The van der Waals surface area contributed by atoms with Crippen LogP contribution in [0.25, 0.3) is 0 Å². The number of benzene rings is 1. The van der Waals surface area contributed by atoms with Gasteiger partial charge < -0.3 is 0 Å². The molecule has 0 radical (unpaired) electrons. The maximum atomic E-state index is 11.9. The molecule has 0 fully saturated rings. The van der Waals surface area contributed by atoms with E-state index in [2.05, 4.69) is 19.7 Å². The van der Waals surface area contributed by atoms with Crippen LogP contribution in [0, 0.1) is 0 Å². The van der Waals surface area contributed by atoms with E-state index in [-0.39, 0.29) is 0 Å². The van der Waals surface area contributed by atoms with Crippen LogP contribution in [0.2, 0.25) is 0 Å². The van der Waals surface area contributed by atoms with Gasteiger partial charge in [0.15, 0.2) is 0 Å². The highest BCUT2D eigenvalue weighted by atomic mass is 79.9. The van der Waals surface area contributed by atoms with Crippen LogP contribution < -0.4 is 0 Å². The summed E-state index contributed by atoms with van der Waals surface area (Å²) in [6.45, 7) is 0. The average molecular weight is 333 g/mol. The van der Waals surface area contributed by atoms with E-state index in [0.29, 0.717) is 9.37 Å². The quantitative estimate of drug-likeness (QED) is 0.781. The zero-order valence-electron chi connectivity index (χ0n) is 7.55. The monoisotopic (exact) mass is 331 g/mol. The predicted octanol–water partition coefficient (Wildman–Crippen LogP) is 2.39. The molecule has 0 heterocycles. The Balaban J connectivity index is 3.43. The zero-order chi connectivity index (χ0) is 11.7. The molecule has 1 aromatic carbocycles. The van der Waals surface area contributed by atoms with Gasteiger partial charge in [0.2, 0.25) is 0 Å². The fraction of sp³-hybridized carbons (Fsp3) is 0.143. The molecule has 0 aromatic heterocycles. The Labute approximate surface area is 102 Å². The van der Waals surface area contributed by atoms with Gasteiger partial charge in [-0.2, -0.15) is 8.42 Å². The van der Waals surface area contributed by atoms with Gasteiger partial charge in [-0.25, -0.2) is 4.21 Å². The highest BCUT2D eigenvalue weighted by molar-refractivity contribution is 9.10. The van der Waals surface area contributed by atoms with Crippen molar-refractivity contribution in [1.82, 2.24) is 0 Å². The molecule has 0 aliphatic heterocycles. The van der Waals surface area contributed by atoms with Crippen molar-refractivity contribution in [2.24, 2.45) is 3.77 Å². The summed E-state index contributed by atoms with van der Waals surface area (Å²) < 4.78 is 37.1. The van der Waals surface area contributed by atoms with Gasteiger partial charge >= 0.3 is 9.24 Å². The Bertz CT molecular complexity index is 590.